The number of ether oxygens (including phenoxy) is 1. The maximum atomic E-state index is 14.2. The van der Waals surface area contributed by atoms with Gasteiger partial charge >= 0.3 is 0 Å². The highest BCUT2D eigenvalue weighted by Crippen LogP contribution is 2.38. The van der Waals surface area contributed by atoms with Gasteiger partial charge in [-0.15, -0.1) is 0 Å². The largest absolute Gasteiger partial charge is 0.493 e. The van der Waals surface area contributed by atoms with Crippen molar-refractivity contribution >= 4 is 5.91 Å². The number of amides is 1. The van der Waals surface area contributed by atoms with E-state index >= 15 is 0 Å². The van der Waals surface area contributed by atoms with Gasteiger partial charge in [0.25, 0.3) is 5.91 Å². The number of rotatable bonds is 8. The molecular weight excluding hydrogens is 409 g/mol. The first kappa shape index (κ1) is 24.2. The van der Waals surface area contributed by atoms with E-state index in [1.807, 2.05) is 12.1 Å². The fourth-order valence-corrected chi connectivity index (χ4v) is 4.30. The normalized spacial score (nSPS) is 18.6. The van der Waals surface area contributed by atoms with Gasteiger partial charge in [-0.1, -0.05) is 50.1 Å². The van der Waals surface area contributed by atoms with Gasteiger partial charge in [0.1, 0.15) is 11.6 Å². The lowest BCUT2D eigenvalue weighted by atomic mass is 9.89. The molecule has 0 radical (unpaired) electrons. The molecular formula is C26H34FNO4. The number of carbonyl (C=O) groups excluding carboxylic acids is 1. The summed E-state index contributed by atoms with van der Waals surface area (Å²) in [4.78, 5) is 12.9. The summed E-state index contributed by atoms with van der Waals surface area (Å²) in [7, 11) is 0. The number of aliphatic hydroxyl groups is 2. The molecule has 0 heterocycles. The summed E-state index contributed by atoms with van der Waals surface area (Å²) in [5.74, 6) is -0.754. The highest BCUT2D eigenvalue weighted by molar-refractivity contribution is 5.86. The molecule has 1 amide bonds. The van der Waals surface area contributed by atoms with Gasteiger partial charge in [-0.25, -0.2) is 4.39 Å². The van der Waals surface area contributed by atoms with E-state index in [0.29, 0.717) is 12.2 Å². The maximum Gasteiger partial charge on any atom is 0.257 e. The molecule has 1 aliphatic rings. The van der Waals surface area contributed by atoms with Crippen LogP contribution < -0.4 is 10.1 Å². The maximum absolute atomic E-state index is 14.2. The third kappa shape index (κ3) is 5.48. The number of halogens is 1. The van der Waals surface area contributed by atoms with Gasteiger partial charge < -0.3 is 20.3 Å². The first-order valence-corrected chi connectivity index (χ1v) is 11.2. The first-order chi connectivity index (χ1) is 14.9. The second-order valence-electron chi connectivity index (χ2n) is 9.99. The molecule has 2 atom stereocenters. The fourth-order valence-electron chi connectivity index (χ4n) is 4.30. The molecule has 1 aliphatic carbocycles. The second-order valence-corrected chi connectivity index (χ2v) is 9.99. The average Bonchev–Trinajstić information content (AvgIpc) is 3.17. The zero-order chi connectivity index (χ0) is 23.6. The number of nitrogens with one attached hydrogen (secondary N) is 1. The molecule has 2 aromatic carbocycles. The predicted octanol–water partition coefficient (Wildman–Crippen LogP) is 4.62. The summed E-state index contributed by atoms with van der Waals surface area (Å²) >= 11 is 0. The Labute approximate surface area is 189 Å². The summed E-state index contributed by atoms with van der Waals surface area (Å²) in [5.41, 5.74) is -2.71. The summed E-state index contributed by atoms with van der Waals surface area (Å²) in [6.07, 6.45) is 4.81. The van der Waals surface area contributed by atoms with Crippen molar-refractivity contribution in [2.75, 3.05) is 6.61 Å². The predicted molar refractivity (Wildman–Crippen MR) is 122 cm³/mol. The van der Waals surface area contributed by atoms with Gasteiger partial charge in [0.2, 0.25) is 0 Å². The molecule has 2 aromatic rings. The summed E-state index contributed by atoms with van der Waals surface area (Å²) in [5, 5.41) is 24.2. The topological polar surface area (TPSA) is 78.8 Å². The van der Waals surface area contributed by atoms with Gasteiger partial charge in [-0.3, -0.25) is 4.79 Å². The van der Waals surface area contributed by atoms with Gasteiger partial charge in [0, 0.05) is 11.0 Å². The highest BCUT2D eigenvalue weighted by atomic mass is 19.1. The smallest absolute Gasteiger partial charge is 0.257 e. The molecule has 1 saturated carbocycles. The summed E-state index contributed by atoms with van der Waals surface area (Å²) in [6, 6.07) is 12.0. The van der Waals surface area contributed by atoms with Crippen LogP contribution in [0.4, 0.5) is 4.39 Å². The molecule has 0 saturated heterocycles. The van der Waals surface area contributed by atoms with Crippen LogP contribution in [0.15, 0.2) is 48.5 Å². The minimum Gasteiger partial charge on any atom is -0.493 e. The van der Waals surface area contributed by atoms with Crippen LogP contribution in [0, 0.1) is 11.2 Å². The molecule has 0 spiro atoms. The lowest BCUT2D eigenvalue weighted by molar-refractivity contribution is -0.142. The van der Waals surface area contributed by atoms with Gasteiger partial charge in [-0.2, -0.15) is 0 Å². The standard InChI is InChI=1S/C26H34FNO4/c1-24(2,30)22(28-23(29)26(4,31)20-9-5-6-10-21(20)27)18-11-13-19(14-12-18)32-17-25(3)15-7-8-16-25/h5-6,9-14,22,30-31H,7-8,15-17H2,1-4H3,(H,28,29)/t22-,26-/m1/s1. The van der Waals surface area contributed by atoms with E-state index < -0.39 is 29.0 Å². The van der Waals surface area contributed by atoms with Crippen LogP contribution in [-0.2, 0) is 10.4 Å². The van der Waals surface area contributed by atoms with Crippen molar-refractivity contribution in [3.05, 3.63) is 65.5 Å². The van der Waals surface area contributed by atoms with Gasteiger partial charge in [0.15, 0.2) is 5.60 Å². The van der Waals surface area contributed by atoms with Crippen molar-refractivity contribution in [3.8, 4) is 5.75 Å². The van der Waals surface area contributed by atoms with E-state index in [1.54, 1.807) is 32.0 Å². The molecule has 174 valence electrons. The monoisotopic (exact) mass is 443 g/mol. The number of carbonyl (C=O) groups is 1. The van der Waals surface area contributed by atoms with E-state index in [1.165, 1.54) is 50.8 Å². The highest BCUT2D eigenvalue weighted by Gasteiger charge is 2.39. The van der Waals surface area contributed by atoms with Crippen LogP contribution in [0.3, 0.4) is 0 Å². The minimum atomic E-state index is -2.10. The lowest BCUT2D eigenvalue weighted by Gasteiger charge is -2.34. The van der Waals surface area contributed by atoms with E-state index in [0.717, 1.165) is 5.75 Å². The SMILES string of the molecule is CC1(COc2ccc([C@@H](NC(=O)[C@](C)(O)c3ccccc3F)C(C)(C)O)cc2)CCCC1. The molecule has 3 rings (SSSR count). The number of hydrogen-bond donors (Lipinski definition) is 3. The Balaban J connectivity index is 1.75. The third-order valence-corrected chi connectivity index (χ3v) is 6.43. The Morgan fingerprint density at radius 1 is 1.09 bits per heavy atom. The summed E-state index contributed by atoms with van der Waals surface area (Å²) < 4.78 is 20.2. The zero-order valence-corrected chi connectivity index (χ0v) is 19.3. The molecule has 5 nitrogen and oxygen atoms in total. The van der Waals surface area contributed by atoms with Crippen LogP contribution >= 0.6 is 0 Å². The Bertz CT molecular complexity index is 928. The number of hydrogen-bond acceptors (Lipinski definition) is 4. The van der Waals surface area contributed by atoms with Crippen molar-refractivity contribution in [1.29, 1.82) is 0 Å². The fraction of sp³-hybridized carbons (Fsp3) is 0.500. The zero-order valence-electron chi connectivity index (χ0n) is 19.3. The minimum absolute atomic E-state index is 0.129. The quantitative estimate of drug-likeness (QED) is 0.556. The molecule has 0 aliphatic heterocycles. The molecule has 32 heavy (non-hydrogen) atoms. The van der Waals surface area contributed by atoms with Crippen molar-refractivity contribution in [2.45, 2.75) is 70.6 Å². The lowest BCUT2D eigenvalue weighted by Crippen LogP contribution is -2.49. The Hall–Kier alpha value is -2.44. The van der Waals surface area contributed by atoms with E-state index in [4.69, 9.17) is 4.74 Å². The molecule has 0 bridgehead atoms. The van der Waals surface area contributed by atoms with Crippen molar-refractivity contribution in [2.24, 2.45) is 5.41 Å². The number of benzene rings is 2. The average molecular weight is 444 g/mol. The molecule has 0 unspecified atom stereocenters. The first-order valence-electron chi connectivity index (χ1n) is 11.2. The Morgan fingerprint density at radius 2 is 1.69 bits per heavy atom. The van der Waals surface area contributed by atoms with Crippen LogP contribution in [-0.4, -0.2) is 28.3 Å². The van der Waals surface area contributed by atoms with E-state index in [2.05, 4.69) is 12.2 Å². The van der Waals surface area contributed by atoms with Crippen LogP contribution in [0.5, 0.6) is 5.75 Å². The molecule has 3 N–H and O–H groups in total. The molecule has 0 aromatic heterocycles. The van der Waals surface area contributed by atoms with Crippen molar-refractivity contribution in [1.82, 2.24) is 5.32 Å². The van der Waals surface area contributed by atoms with Crippen molar-refractivity contribution < 1.29 is 24.1 Å². The summed E-state index contributed by atoms with van der Waals surface area (Å²) in [6.45, 7) is 7.28. The van der Waals surface area contributed by atoms with Crippen LogP contribution in [0.2, 0.25) is 0 Å². The third-order valence-electron chi connectivity index (χ3n) is 6.43. The Morgan fingerprint density at radius 3 is 2.25 bits per heavy atom. The van der Waals surface area contributed by atoms with Gasteiger partial charge in [-0.05, 0) is 57.4 Å². The van der Waals surface area contributed by atoms with Crippen LogP contribution in [0.25, 0.3) is 0 Å². The second kappa shape index (κ2) is 9.20. The van der Waals surface area contributed by atoms with E-state index in [-0.39, 0.29) is 11.0 Å². The Kier molecular flexibility index (Phi) is 6.96. The van der Waals surface area contributed by atoms with Crippen molar-refractivity contribution in [3.63, 3.8) is 0 Å². The molecule has 6 heteroatoms. The van der Waals surface area contributed by atoms with Gasteiger partial charge in [0.05, 0.1) is 18.2 Å². The van der Waals surface area contributed by atoms with E-state index in [9.17, 15) is 19.4 Å². The molecule has 1 fully saturated rings. The van der Waals surface area contributed by atoms with Crippen LogP contribution in [0.1, 0.15) is 70.5 Å².